The van der Waals surface area contributed by atoms with E-state index in [1.54, 1.807) is 0 Å². The van der Waals surface area contributed by atoms with Crippen molar-refractivity contribution in [2.45, 2.75) is 45.6 Å². The van der Waals surface area contributed by atoms with Crippen LogP contribution in [0.5, 0.6) is 0 Å². The van der Waals surface area contributed by atoms with Crippen molar-refractivity contribution < 1.29 is 10.2 Å². The van der Waals surface area contributed by atoms with Crippen molar-refractivity contribution in [3.63, 3.8) is 0 Å². The third kappa shape index (κ3) is 3.76. The lowest BCUT2D eigenvalue weighted by molar-refractivity contribution is 0.0935. The molecule has 92 valence electrons. The Kier molecular flexibility index (Phi) is 5.23. The Bertz CT molecular complexity index is 241. The minimum atomic E-state index is -0.334. The molecular formula is C14H24O2. The highest BCUT2D eigenvalue weighted by Gasteiger charge is 2.28. The molecule has 2 heteroatoms. The predicted octanol–water partition coefficient (Wildman–Crippen LogP) is 2.67. The normalized spacial score (nSPS) is 30.6. The molecule has 2 nitrogen and oxygen atoms in total. The number of aliphatic hydroxyl groups excluding tert-OH is 2. The van der Waals surface area contributed by atoms with Gasteiger partial charge in [0.2, 0.25) is 0 Å². The Hall–Kier alpha value is -0.600. The first-order valence-corrected chi connectivity index (χ1v) is 6.29. The second-order valence-corrected chi connectivity index (χ2v) is 4.97. The molecule has 0 saturated carbocycles. The summed E-state index contributed by atoms with van der Waals surface area (Å²) in [5.74, 6) is 0.437. The topological polar surface area (TPSA) is 40.5 Å². The molecule has 0 aromatic rings. The van der Waals surface area contributed by atoms with Gasteiger partial charge in [-0.15, -0.1) is 0 Å². The van der Waals surface area contributed by atoms with Crippen LogP contribution in [0.4, 0.5) is 0 Å². The van der Waals surface area contributed by atoms with Gasteiger partial charge in [-0.1, -0.05) is 51.0 Å². The van der Waals surface area contributed by atoms with Gasteiger partial charge in [0.15, 0.2) is 0 Å². The SMILES string of the molecule is CCCC[C@H](O)CC1(CO)C=CC(C)C=C1. The van der Waals surface area contributed by atoms with Gasteiger partial charge in [0, 0.05) is 5.41 Å². The molecule has 1 aliphatic carbocycles. The molecule has 0 unspecified atom stereocenters. The van der Waals surface area contributed by atoms with Crippen LogP contribution in [0.15, 0.2) is 24.3 Å². The van der Waals surface area contributed by atoms with Crippen LogP contribution in [0.25, 0.3) is 0 Å². The molecule has 0 fully saturated rings. The van der Waals surface area contributed by atoms with E-state index in [-0.39, 0.29) is 18.1 Å². The quantitative estimate of drug-likeness (QED) is 0.681. The van der Waals surface area contributed by atoms with E-state index in [4.69, 9.17) is 0 Å². The van der Waals surface area contributed by atoms with Crippen LogP contribution in [0.2, 0.25) is 0 Å². The average Bonchev–Trinajstić information content (AvgIpc) is 2.30. The number of unbranched alkanes of at least 4 members (excludes halogenated alkanes) is 1. The molecule has 0 bridgehead atoms. The van der Waals surface area contributed by atoms with E-state index in [1.165, 1.54) is 0 Å². The third-order valence-electron chi connectivity index (χ3n) is 3.26. The van der Waals surface area contributed by atoms with Crippen LogP contribution in [0.1, 0.15) is 39.5 Å². The third-order valence-corrected chi connectivity index (χ3v) is 3.26. The van der Waals surface area contributed by atoms with Crippen molar-refractivity contribution >= 4 is 0 Å². The minimum Gasteiger partial charge on any atom is -0.395 e. The summed E-state index contributed by atoms with van der Waals surface area (Å²) in [6.07, 6.45) is 11.6. The number of hydrogen-bond acceptors (Lipinski definition) is 2. The lowest BCUT2D eigenvalue weighted by atomic mass is 9.77. The summed E-state index contributed by atoms with van der Waals surface area (Å²) < 4.78 is 0. The van der Waals surface area contributed by atoms with Crippen LogP contribution in [-0.2, 0) is 0 Å². The van der Waals surface area contributed by atoms with Gasteiger partial charge in [-0.2, -0.15) is 0 Å². The zero-order valence-corrected chi connectivity index (χ0v) is 10.4. The maximum Gasteiger partial charge on any atom is 0.0557 e. The van der Waals surface area contributed by atoms with Crippen molar-refractivity contribution in [1.29, 1.82) is 0 Å². The van der Waals surface area contributed by atoms with Crippen LogP contribution in [-0.4, -0.2) is 22.9 Å². The van der Waals surface area contributed by atoms with Gasteiger partial charge in [-0.05, 0) is 18.8 Å². The number of rotatable bonds is 6. The molecule has 0 aliphatic heterocycles. The molecule has 2 N–H and O–H groups in total. The maximum atomic E-state index is 9.92. The highest BCUT2D eigenvalue weighted by Crippen LogP contribution is 2.32. The largest absolute Gasteiger partial charge is 0.395 e. The monoisotopic (exact) mass is 224 g/mol. The van der Waals surface area contributed by atoms with Crippen molar-refractivity contribution in [1.82, 2.24) is 0 Å². The molecule has 1 rings (SSSR count). The van der Waals surface area contributed by atoms with Gasteiger partial charge >= 0.3 is 0 Å². The van der Waals surface area contributed by atoms with Crippen molar-refractivity contribution in [2.24, 2.45) is 11.3 Å². The molecule has 0 aromatic carbocycles. The van der Waals surface area contributed by atoms with Crippen LogP contribution in [0, 0.1) is 11.3 Å². The maximum absolute atomic E-state index is 9.92. The molecule has 0 spiro atoms. The fraction of sp³-hybridized carbons (Fsp3) is 0.714. The summed E-state index contributed by atoms with van der Waals surface area (Å²) in [6, 6.07) is 0. The Balaban J connectivity index is 2.54. The highest BCUT2D eigenvalue weighted by molar-refractivity contribution is 5.20. The molecule has 16 heavy (non-hydrogen) atoms. The molecule has 0 radical (unpaired) electrons. The first kappa shape index (κ1) is 13.5. The van der Waals surface area contributed by atoms with Gasteiger partial charge in [0.1, 0.15) is 0 Å². The standard InChI is InChI=1S/C14H24O2/c1-3-4-5-13(16)10-14(11-15)8-6-12(2)7-9-14/h6-9,12-13,15-16H,3-5,10-11H2,1-2H3/t12?,13-,14?/m0/s1. The van der Waals surface area contributed by atoms with Gasteiger partial charge in [0.25, 0.3) is 0 Å². The van der Waals surface area contributed by atoms with Gasteiger partial charge in [0.05, 0.1) is 12.7 Å². The predicted molar refractivity (Wildman–Crippen MR) is 67.1 cm³/mol. The second kappa shape index (κ2) is 6.21. The van der Waals surface area contributed by atoms with Gasteiger partial charge in [-0.3, -0.25) is 0 Å². The Morgan fingerprint density at radius 1 is 1.31 bits per heavy atom. The molecule has 0 heterocycles. The Morgan fingerprint density at radius 3 is 2.44 bits per heavy atom. The van der Waals surface area contributed by atoms with E-state index >= 15 is 0 Å². The fourth-order valence-electron chi connectivity index (χ4n) is 2.09. The zero-order chi connectivity index (χ0) is 12.0. The number of hydrogen-bond donors (Lipinski definition) is 2. The van der Waals surface area contributed by atoms with Crippen molar-refractivity contribution in [3.05, 3.63) is 24.3 Å². The highest BCUT2D eigenvalue weighted by atomic mass is 16.3. The molecule has 1 atom stereocenters. The number of allylic oxidation sites excluding steroid dienone is 2. The van der Waals surface area contributed by atoms with Crippen molar-refractivity contribution in [2.75, 3.05) is 6.61 Å². The Morgan fingerprint density at radius 2 is 1.94 bits per heavy atom. The molecule has 0 saturated heterocycles. The molecule has 0 aromatic heterocycles. The van der Waals surface area contributed by atoms with Gasteiger partial charge in [-0.25, -0.2) is 0 Å². The first-order valence-electron chi connectivity index (χ1n) is 6.29. The van der Waals surface area contributed by atoms with E-state index < -0.39 is 0 Å². The first-order chi connectivity index (χ1) is 7.62. The van der Waals surface area contributed by atoms with Crippen LogP contribution < -0.4 is 0 Å². The summed E-state index contributed by atoms with van der Waals surface area (Å²) in [5.41, 5.74) is -0.334. The van der Waals surface area contributed by atoms with E-state index in [0.717, 1.165) is 19.3 Å². The van der Waals surface area contributed by atoms with Crippen LogP contribution in [0.3, 0.4) is 0 Å². The fourth-order valence-corrected chi connectivity index (χ4v) is 2.09. The lowest BCUT2D eigenvalue weighted by Crippen LogP contribution is -2.28. The smallest absolute Gasteiger partial charge is 0.0557 e. The molecular weight excluding hydrogens is 200 g/mol. The van der Waals surface area contributed by atoms with Crippen molar-refractivity contribution in [3.8, 4) is 0 Å². The average molecular weight is 224 g/mol. The van der Waals surface area contributed by atoms with E-state index in [2.05, 4.69) is 26.0 Å². The molecule has 1 aliphatic rings. The second-order valence-electron chi connectivity index (χ2n) is 4.97. The summed E-state index contributed by atoms with van der Waals surface area (Å²) in [7, 11) is 0. The van der Waals surface area contributed by atoms with Gasteiger partial charge < -0.3 is 10.2 Å². The minimum absolute atomic E-state index is 0.0793. The summed E-state index contributed by atoms with van der Waals surface area (Å²) in [4.78, 5) is 0. The lowest BCUT2D eigenvalue weighted by Gasteiger charge is -2.30. The Labute approximate surface area is 98.7 Å². The van der Waals surface area contributed by atoms with Crippen LogP contribution >= 0.6 is 0 Å². The summed E-state index contributed by atoms with van der Waals surface area (Å²) >= 11 is 0. The van der Waals surface area contributed by atoms with E-state index in [1.807, 2.05) is 12.2 Å². The summed E-state index contributed by atoms with van der Waals surface area (Å²) in [5, 5.41) is 19.4. The van der Waals surface area contributed by atoms with E-state index in [0.29, 0.717) is 12.3 Å². The molecule has 0 amide bonds. The van der Waals surface area contributed by atoms with E-state index in [9.17, 15) is 10.2 Å². The summed E-state index contributed by atoms with van der Waals surface area (Å²) in [6.45, 7) is 4.31. The number of aliphatic hydroxyl groups is 2. The zero-order valence-electron chi connectivity index (χ0n) is 10.4.